The van der Waals surface area contributed by atoms with Crippen LogP contribution in [0.3, 0.4) is 0 Å². The third kappa shape index (κ3) is 3.95. The van der Waals surface area contributed by atoms with Gasteiger partial charge in [-0.1, -0.05) is 13.3 Å². The van der Waals surface area contributed by atoms with Gasteiger partial charge in [0.05, 0.1) is 6.61 Å². The smallest absolute Gasteiger partial charge is 0.0626 e. The number of ether oxygens (including phenoxy) is 1. The normalized spacial score (nSPS) is 20.8. The molecule has 0 heterocycles. The molecule has 1 saturated carbocycles. The first kappa shape index (κ1) is 12.0. The van der Waals surface area contributed by atoms with Crippen molar-refractivity contribution in [1.29, 1.82) is 0 Å². The lowest BCUT2D eigenvalue weighted by Crippen LogP contribution is -2.39. The fraction of sp³-hybridized carbons (Fsp3) is 1.00. The van der Waals surface area contributed by atoms with Gasteiger partial charge in [-0.2, -0.15) is 0 Å². The molecular weight excluding hydrogens is 176 g/mol. The summed E-state index contributed by atoms with van der Waals surface area (Å²) in [6.07, 6.45) is 5.45. The zero-order valence-electron chi connectivity index (χ0n) is 9.51. The standard InChI is InChI=1S/C11H24N2O/c1-3-4-11(5-6-11)9-13-7-10(12)8-14-2/h10,13H,3-9,12H2,1-2H3. The lowest BCUT2D eigenvalue weighted by Gasteiger charge is -2.17. The third-order valence-corrected chi connectivity index (χ3v) is 3.02. The summed E-state index contributed by atoms with van der Waals surface area (Å²) in [5, 5.41) is 3.45. The Hall–Kier alpha value is -0.120. The highest BCUT2D eigenvalue weighted by atomic mass is 16.5. The van der Waals surface area contributed by atoms with Crippen LogP contribution in [0.25, 0.3) is 0 Å². The summed E-state index contributed by atoms with van der Waals surface area (Å²) in [6, 6.07) is 0.137. The predicted octanol–water partition coefficient (Wildman–Crippen LogP) is 1.13. The molecule has 0 aliphatic heterocycles. The largest absolute Gasteiger partial charge is 0.383 e. The van der Waals surface area contributed by atoms with E-state index >= 15 is 0 Å². The summed E-state index contributed by atoms with van der Waals surface area (Å²) >= 11 is 0. The summed E-state index contributed by atoms with van der Waals surface area (Å²) in [5.41, 5.74) is 6.45. The second kappa shape index (κ2) is 5.69. The van der Waals surface area contributed by atoms with E-state index in [1.54, 1.807) is 7.11 Å². The lowest BCUT2D eigenvalue weighted by molar-refractivity contribution is 0.178. The van der Waals surface area contributed by atoms with Gasteiger partial charge in [-0.25, -0.2) is 0 Å². The molecular formula is C11H24N2O. The van der Waals surface area contributed by atoms with E-state index in [-0.39, 0.29) is 6.04 Å². The van der Waals surface area contributed by atoms with Crippen molar-refractivity contribution in [3.8, 4) is 0 Å². The van der Waals surface area contributed by atoms with Crippen molar-refractivity contribution in [2.24, 2.45) is 11.1 Å². The van der Waals surface area contributed by atoms with Gasteiger partial charge in [0.25, 0.3) is 0 Å². The molecule has 0 radical (unpaired) electrons. The highest BCUT2D eigenvalue weighted by molar-refractivity contribution is 4.94. The molecule has 0 amide bonds. The Balaban J connectivity index is 2.03. The number of nitrogens with one attached hydrogen (secondary N) is 1. The topological polar surface area (TPSA) is 47.3 Å². The van der Waals surface area contributed by atoms with E-state index in [9.17, 15) is 0 Å². The van der Waals surface area contributed by atoms with Crippen molar-refractivity contribution in [3.05, 3.63) is 0 Å². The minimum absolute atomic E-state index is 0.137. The van der Waals surface area contributed by atoms with Crippen molar-refractivity contribution in [2.45, 2.75) is 38.6 Å². The molecule has 1 aliphatic rings. The fourth-order valence-corrected chi connectivity index (χ4v) is 2.02. The van der Waals surface area contributed by atoms with E-state index in [1.807, 2.05) is 0 Å². The molecule has 0 aromatic heterocycles. The Morgan fingerprint density at radius 1 is 1.50 bits per heavy atom. The number of hydrogen-bond acceptors (Lipinski definition) is 3. The van der Waals surface area contributed by atoms with E-state index in [1.165, 1.54) is 25.7 Å². The lowest BCUT2D eigenvalue weighted by atomic mass is 10.0. The number of rotatable bonds is 8. The summed E-state index contributed by atoms with van der Waals surface area (Å²) in [5.74, 6) is 0. The van der Waals surface area contributed by atoms with E-state index in [0.717, 1.165) is 13.1 Å². The van der Waals surface area contributed by atoms with Gasteiger partial charge in [-0.15, -0.1) is 0 Å². The molecule has 1 unspecified atom stereocenters. The molecule has 0 saturated heterocycles. The summed E-state index contributed by atoms with van der Waals surface area (Å²) in [4.78, 5) is 0. The van der Waals surface area contributed by atoms with Crippen molar-refractivity contribution in [3.63, 3.8) is 0 Å². The molecule has 0 spiro atoms. The van der Waals surface area contributed by atoms with Crippen LogP contribution in [0.4, 0.5) is 0 Å². The van der Waals surface area contributed by atoms with E-state index in [0.29, 0.717) is 12.0 Å². The second-order valence-corrected chi connectivity index (χ2v) is 4.60. The van der Waals surface area contributed by atoms with E-state index in [4.69, 9.17) is 10.5 Å². The molecule has 0 aromatic rings. The van der Waals surface area contributed by atoms with E-state index < -0.39 is 0 Å². The average molecular weight is 200 g/mol. The SMILES string of the molecule is CCCC1(CNCC(N)COC)CC1. The van der Waals surface area contributed by atoms with Crippen molar-refractivity contribution < 1.29 is 4.74 Å². The minimum Gasteiger partial charge on any atom is -0.383 e. The van der Waals surface area contributed by atoms with Gasteiger partial charge in [0, 0.05) is 26.2 Å². The van der Waals surface area contributed by atoms with Gasteiger partial charge in [0.2, 0.25) is 0 Å². The van der Waals surface area contributed by atoms with Crippen LogP contribution in [0.15, 0.2) is 0 Å². The molecule has 14 heavy (non-hydrogen) atoms. The van der Waals surface area contributed by atoms with Crippen molar-refractivity contribution in [2.75, 3.05) is 26.8 Å². The monoisotopic (exact) mass is 200 g/mol. The van der Waals surface area contributed by atoms with Gasteiger partial charge < -0.3 is 15.8 Å². The van der Waals surface area contributed by atoms with Crippen LogP contribution in [0.2, 0.25) is 0 Å². The Morgan fingerprint density at radius 3 is 2.71 bits per heavy atom. The zero-order chi connectivity index (χ0) is 10.4. The van der Waals surface area contributed by atoms with Crippen molar-refractivity contribution >= 4 is 0 Å². The van der Waals surface area contributed by atoms with Crippen molar-refractivity contribution in [1.82, 2.24) is 5.32 Å². The first-order valence-electron chi connectivity index (χ1n) is 5.68. The molecule has 1 fully saturated rings. The summed E-state index contributed by atoms with van der Waals surface area (Å²) in [7, 11) is 1.69. The second-order valence-electron chi connectivity index (χ2n) is 4.60. The van der Waals surface area contributed by atoms with Gasteiger partial charge >= 0.3 is 0 Å². The Morgan fingerprint density at radius 2 is 2.21 bits per heavy atom. The van der Waals surface area contributed by atoms with Crippen LogP contribution in [0, 0.1) is 5.41 Å². The van der Waals surface area contributed by atoms with Gasteiger partial charge in [-0.3, -0.25) is 0 Å². The predicted molar refractivity (Wildman–Crippen MR) is 59.3 cm³/mol. The molecule has 1 atom stereocenters. The minimum atomic E-state index is 0.137. The molecule has 3 nitrogen and oxygen atoms in total. The van der Waals surface area contributed by atoms with Crippen LogP contribution < -0.4 is 11.1 Å². The van der Waals surface area contributed by atoms with Crippen LogP contribution in [-0.4, -0.2) is 32.8 Å². The highest BCUT2D eigenvalue weighted by Crippen LogP contribution is 2.48. The van der Waals surface area contributed by atoms with Crippen LogP contribution in [0.1, 0.15) is 32.6 Å². The first-order chi connectivity index (χ1) is 6.72. The quantitative estimate of drug-likeness (QED) is 0.617. The molecule has 1 rings (SSSR count). The Bertz CT molecular complexity index is 157. The molecule has 3 N–H and O–H groups in total. The maximum absolute atomic E-state index is 5.82. The maximum Gasteiger partial charge on any atom is 0.0626 e. The first-order valence-corrected chi connectivity index (χ1v) is 5.68. The molecule has 3 heteroatoms. The van der Waals surface area contributed by atoms with E-state index in [2.05, 4.69) is 12.2 Å². The molecule has 0 aromatic carbocycles. The van der Waals surface area contributed by atoms with Gasteiger partial charge in [-0.05, 0) is 24.7 Å². The summed E-state index contributed by atoms with van der Waals surface area (Å²) in [6.45, 7) is 4.92. The summed E-state index contributed by atoms with van der Waals surface area (Å²) < 4.78 is 4.98. The number of hydrogen-bond donors (Lipinski definition) is 2. The van der Waals surface area contributed by atoms with Crippen LogP contribution in [-0.2, 0) is 4.74 Å². The third-order valence-electron chi connectivity index (χ3n) is 3.02. The fourth-order valence-electron chi connectivity index (χ4n) is 2.02. The van der Waals surface area contributed by atoms with Gasteiger partial charge in [0.1, 0.15) is 0 Å². The Labute approximate surface area is 87.4 Å². The highest BCUT2D eigenvalue weighted by Gasteiger charge is 2.40. The average Bonchev–Trinajstić information content (AvgIpc) is 2.86. The maximum atomic E-state index is 5.82. The Kier molecular flexibility index (Phi) is 4.85. The molecule has 1 aliphatic carbocycles. The number of nitrogens with two attached hydrogens (primary N) is 1. The van der Waals surface area contributed by atoms with Crippen LogP contribution in [0.5, 0.6) is 0 Å². The zero-order valence-corrected chi connectivity index (χ0v) is 9.51. The molecule has 84 valence electrons. The number of methoxy groups -OCH3 is 1. The van der Waals surface area contributed by atoms with Gasteiger partial charge in [0.15, 0.2) is 0 Å². The van der Waals surface area contributed by atoms with Crippen LogP contribution >= 0.6 is 0 Å². The molecule has 0 bridgehead atoms.